The summed E-state index contributed by atoms with van der Waals surface area (Å²) in [6, 6.07) is 0. The predicted octanol–water partition coefficient (Wildman–Crippen LogP) is 1.33. The maximum atomic E-state index is 5.66. The van der Waals surface area contributed by atoms with Gasteiger partial charge >= 0.3 is 0 Å². The van der Waals surface area contributed by atoms with Crippen molar-refractivity contribution in [1.29, 1.82) is 0 Å². The van der Waals surface area contributed by atoms with E-state index in [-0.39, 0.29) is 5.79 Å². The number of hydrogen-bond acceptors (Lipinski definition) is 2. The molecule has 3 aliphatic rings. The van der Waals surface area contributed by atoms with Gasteiger partial charge in [-0.15, -0.1) is 0 Å². The molecule has 2 aliphatic carbocycles. The molecule has 0 N–H and O–H groups in total. The van der Waals surface area contributed by atoms with Gasteiger partial charge in [-0.1, -0.05) is 12.2 Å². The molecular formula is C9H12O2. The van der Waals surface area contributed by atoms with Crippen LogP contribution >= 0.6 is 0 Å². The third-order valence-electron chi connectivity index (χ3n) is 3.14. The maximum Gasteiger partial charge on any atom is 0.175 e. The van der Waals surface area contributed by atoms with Crippen molar-refractivity contribution >= 4 is 0 Å². The van der Waals surface area contributed by atoms with E-state index in [1.807, 2.05) is 0 Å². The SMILES string of the molecule is C1=CC2C1CCC21OCCO1. The summed E-state index contributed by atoms with van der Waals surface area (Å²) >= 11 is 0. The van der Waals surface area contributed by atoms with E-state index in [1.165, 1.54) is 6.42 Å². The van der Waals surface area contributed by atoms with E-state index in [4.69, 9.17) is 9.47 Å². The first kappa shape index (κ1) is 6.21. The highest BCUT2D eigenvalue weighted by Crippen LogP contribution is 2.51. The highest BCUT2D eigenvalue weighted by molar-refractivity contribution is 5.18. The molecule has 2 nitrogen and oxygen atoms in total. The Morgan fingerprint density at radius 1 is 1.18 bits per heavy atom. The molecule has 0 aromatic heterocycles. The Labute approximate surface area is 66.2 Å². The number of fused-ring (bicyclic) bond motifs is 2. The average Bonchev–Trinajstić information content (AvgIpc) is 2.43. The maximum absolute atomic E-state index is 5.66. The highest BCUT2D eigenvalue weighted by Gasteiger charge is 2.53. The summed E-state index contributed by atoms with van der Waals surface area (Å²) in [6.07, 6.45) is 6.87. The van der Waals surface area contributed by atoms with Crippen LogP contribution in [0, 0.1) is 11.8 Å². The van der Waals surface area contributed by atoms with Gasteiger partial charge in [0.1, 0.15) is 0 Å². The molecule has 0 radical (unpaired) electrons. The third-order valence-corrected chi connectivity index (χ3v) is 3.14. The Bertz CT molecular complexity index is 204. The lowest BCUT2D eigenvalue weighted by molar-refractivity contribution is -0.176. The molecule has 2 heteroatoms. The molecule has 2 atom stereocenters. The van der Waals surface area contributed by atoms with Gasteiger partial charge in [0.2, 0.25) is 0 Å². The molecule has 0 amide bonds. The quantitative estimate of drug-likeness (QED) is 0.487. The third kappa shape index (κ3) is 0.644. The molecule has 0 bridgehead atoms. The second-order valence-corrected chi connectivity index (χ2v) is 3.62. The van der Waals surface area contributed by atoms with E-state index < -0.39 is 0 Å². The standard InChI is InChI=1S/C9H12O2/c1-2-8-7(1)3-4-9(8)10-5-6-11-9/h1-2,7-8H,3-6H2. The fourth-order valence-corrected chi connectivity index (χ4v) is 2.47. The lowest BCUT2D eigenvalue weighted by Crippen LogP contribution is -2.37. The van der Waals surface area contributed by atoms with Crippen LogP contribution in [0.15, 0.2) is 12.2 Å². The Morgan fingerprint density at radius 3 is 2.55 bits per heavy atom. The van der Waals surface area contributed by atoms with Gasteiger partial charge < -0.3 is 9.47 Å². The molecule has 2 unspecified atom stereocenters. The second kappa shape index (κ2) is 1.87. The smallest absolute Gasteiger partial charge is 0.175 e. The molecule has 1 aliphatic heterocycles. The monoisotopic (exact) mass is 152 g/mol. The number of rotatable bonds is 0. The van der Waals surface area contributed by atoms with E-state index in [9.17, 15) is 0 Å². The normalized spacial score (nSPS) is 44.4. The van der Waals surface area contributed by atoms with Crippen LogP contribution in [0.25, 0.3) is 0 Å². The van der Waals surface area contributed by atoms with Gasteiger partial charge in [0.05, 0.1) is 13.2 Å². The number of hydrogen-bond donors (Lipinski definition) is 0. The molecule has 3 rings (SSSR count). The minimum absolute atomic E-state index is 0.181. The van der Waals surface area contributed by atoms with Crippen molar-refractivity contribution in [3.05, 3.63) is 12.2 Å². The summed E-state index contributed by atoms with van der Waals surface area (Å²) in [5.41, 5.74) is 0. The minimum atomic E-state index is -0.181. The second-order valence-electron chi connectivity index (χ2n) is 3.62. The van der Waals surface area contributed by atoms with E-state index in [2.05, 4.69) is 12.2 Å². The van der Waals surface area contributed by atoms with Crippen molar-refractivity contribution in [2.24, 2.45) is 11.8 Å². The zero-order chi connectivity index (χ0) is 7.31. The van der Waals surface area contributed by atoms with Gasteiger partial charge in [0.15, 0.2) is 5.79 Å². The molecule has 1 saturated heterocycles. The van der Waals surface area contributed by atoms with E-state index in [0.29, 0.717) is 5.92 Å². The van der Waals surface area contributed by atoms with Crippen molar-refractivity contribution < 1.29 is 9.47 Å². The molecule has 2 fully saturated rings. The first-order valence-corrected chi connectivity index (χ1v) is 4.37. The van der Waals surface area contributed by atoms with Crippen LogP contribution in [0.5, 0.6) is 0 Å². The van der Waals surface area contributed by atoms with Crippen LogP contribution in [-0.4, -0.2) is 19.0 Å². The zero-order valence-corrected chi connectivity index (χ0v) is 6.45. The first-order chi connectivity index (χ1) is 5.41. The van der Waals surface area contributed by atoms with Crippen molar-refractivity contribution in [3.8, 4) is 0 Å². The lowest BCUT2D eigenvalue weighted by atomic mass is 9.83. The van der Waals surface area contributed by atoms with Crippen molar-refractivity contribution in [3.63, 3.8) is 0 Å². The van der Waals surface area contributed by atoms with Crippen LogP contribution in [0.2, 0.25) is 0 Å². The summed E-state index contributed by atoms with van der Waals surface area (Å²) in [4.78, 5) is 0. The van der Waals surface area contributed by atoms with E-state index in [1.54, 1.807) is 0 Å². The molecule has 1 heterocycles. The molecule has 0 aromatic carbocycles. The van der Waals surface area contributed by atoms with Crippen molar-refractivity contribution in [2.75, 3.05) is 13.2 Å². The van der Waals surface area contributed by atoms with Gasteiger partial charge in [-0.3, -0.25) is 0 Å². The van der Waals surface area contributed by atoms with Gasteiger partial charge in [0, 0.05) is 12.3 Å². The first-order valence-electron chi connectivity index (χ1n) is 4.37. The Kier molecular flexibility index (Phi) is 1.06. The van der Waals surface area contributed by atoms with Crippen LogP contribution in [0.3, 0.4) is 0 Å². The summed E-state index contributed by atoms with van der Waals surface area (Å²) in [5.74, 6) is 1.15. The Morgan fingerprint density at radius 2 is 2.00 bits per heavy atom. The molecule has 0 aromatic rings. The van der Waals surface area contributed by atoms with Crippen LogP contribution in [0.4, 0.5) is 0 Å². The Balaban J connectivity index is 1.92. The zero-order valence-electron chi connectivity index (χ0n) is 6.45. The topological polar surface area (TPSA) is 18.5 Å². The fraction of sp³-hybridized carbons (Fsp3) is 0.778. The predicted molar refractivity (Wildman–Crippen MR) is 40.0 cm³/mol. The molecule has 1 saturated carbocycles. The average molecular weight is 152 g/mol. The van der Waals surface area contributed by atoms with Crippen LogP contribution in [-0.2, 0) is 9.47 Å². The Hall–Kier alpha value is -0.340. The summed E-state index contributed by atoms with van der Waals surface area (Å²) in [5, 5.41) is 0. The fourth-order valence-electron chi connectivity index (χ4n) is 2.47. The van der Waals surface area contributed by atoms with E-state index in [0.717, 1.165) is 25.6 Å². The summed E-state index contributed by atoms with van der Waals surface area (Å²) in [7, 11) is 0. The molecule has 11 heavy (non-hydrogen) atoms. The summed E-state index contributed by atoms with van der Waals surface area (Å²) in [6.45, 7) is 1.58. The van der Waals surface area contributed by atoms with Gasteiger partial charge in [0.25, 0.3) is 0 Å². The minimum Gasteiger partial charge on any atom is -0.347 e. The summed E-state index contributed by atoms with van der Waals surface area (Å²) < 4.78 is 11.3. The van der Waals surface area contributed by atoms with Crippen LogP contribution in [0.1, 0.15) is 12.8 Å². The molecule has 1 spiro atoms. The number of ether oxygens (including phenoxy) is 2. The van der Waals surface area contributed by atoms with Crippen molar-refractivity contribution in [1.82, 2.24) is 0 Å². The molecule has 60 valence electrons. The highest BCUT2D eigenvalue weighted by atomic mass is 16.7. The van der Waals surface area contributed by atoms with E-state index >= 15 is 0 Å². The van der Waals surface area contributed by atoms with Gasteiger partial charge in [-0.05, 0) is 12.3 Å². The lowest BCUT2D eigenvalue weighted by Gasteiger charge is -2.33. The number of allylic oxidation sites excluding steroid dienone is 1. The van der Waals surface area contributed by atoms with Gasteiger partial charge in [-0.2, -0.15) is 0 Å². The largest absolute Gasteiger partial charge is 0.347 e. The van der Waals surface area contributed by atoms with Crippen LogP contribution < -0.4 is 0 Å². The molecular weight excluding hydrogens is 140 g/mol. The van der Waals surface area contributed by atoms with Crippen molar-refractivity contribution in [2.45, 2.75) is 18.6 Å². The van der Waals surface area contributed by atoms with Gasteiger partial charge in [-0.25, -0.2) is 0 Å².